The molecule has 1 atom stereocenters. The number of hydrogen-bond acceptors (Lipinski definition) is 4. The number of rotatable bonds is 10. The lowest BCUT2D eigenvalue weighted by Gasteiger charge is -2.29. The Bertz CT molecular complexity index is 956. The van der Waals surface area contributed by atoms with Crippen LogP contribution < -0.4 is 14.4 Å². The first-order valence-corrected chi connectivity index (χ1v) is 12.0. The van der Waals surface area contributed by atoms with Crippen LogP contribution in [0.4, 0.5) is 5.69 Å². The number of carbonyl (C=O) groups is 1. The van der Waals surface area contributed by atoms with Gasteiger partial charge in [-0.3, -0.25) is 9.10 Å². The topological polar surface area (TPSA) is 75.7 Å². The minimum atomic E-state index is -3.62. The van der Waals surface area contributed by atoms with Crippen molar-refractivity contribution in [1.82, 2.24) is 5.32 Å². The first kappa shape index (κ1) is 23.7. The molecule has 1 N–H and O–H groups in total. The van der Waals surface area contributed by atoms with Gasteiger partial charge in [0.1, 0.15) is 11.8 Å². The van der Waals surface area contributed by atoms with Gasteiger partial charge in [-0.05, 0) is 75.4 Å². The van der Waals surface area contributed by atoms with Crippen LogP contribution in [0.2, 0.25) is 0 Å². The van der Waals surface area contributed by atoms with Gasteiger partial charge in [0.05, 0.1) is 18.6 Å². The summed E-state index contributed by atoms with van der Waals surface area (Å²) in [6.45, 7) is 8.41. The van der Waals surface area contributed by atoms with E-state index in [-0.39, 0.29) is 5.91 Å². The number of ether oxygens (including phenoxy) is 1. The monoisotopic (exact) mass is 432 g/mol. The summed E-state index contributed by atoms with van der Waals surface area (Å²) in [5.41, 5.74) is 3.44. The van der Waals surface area contributed by atoms with Crippen LogP contribution in [0.15, 0.2) is 42.5 Å². The van der Waals surface area contributed by atoms with Crippen LogP contribution in [0.3, 0.4) is 0 Å². The largest absolute Gasteiger partial charge is 0.494 e. The third kappa shape index (κ3) is 6.49. The highest BCUT2D eigenvalue weighted by atomic mass is 32.2. The van der Waals surface area contributed by atoms with E-state index in [0.717, 1.165) is 41.5 Å². The van der Waals surface area contributed by atoms with Crippen LogP contribution in [0.1, 0.15) is 37.0 Å². The average molecular weight is 433 g/mol. The standard InChI is InChI=1S/C23H32N2O4S/c1-6-29-21-13-11-20(12-14-21)8-7-15-24-23(26)19(4)25(30(5,27)28)22-16-17(2)9-10-18(22)3/h9-14,16,19H,6-8,15H2,1-5H3,(H,24,26)/t19-/m1/s1. The van der Waals surface area contributed by atoms with Gasteiger partial charge >= 0.3 is 0 Å². The van der Waals surface area contributed by atoms with Crippen molar-refractivity contribution in [3.8, 4) is 5.75 Å². The molecule has 0 saturated carbocycles. The Balaban J connectivity index is 1.98. The molecule has 164 valence electrons. The second kappa shape index (κ2) is 10.5. The fourth-order valence-electron chi connectivity index (χ4n) is 3.31. The van der Waals surface area contributed by atoms with E-state index in [1.54, 1.807) is 13.0 Å². The second-order valence-electron chi connectivity index (χ2n) is 7.50. The molecule has 0 unspecified atom stereocenters. The van der Waals surface area contributed by atoms with E-state index in [4.69, 9.17) is 4.74 Å². The molecule has 0 bridgehead atoms. The highest BCUT2D eigenvalue weighted by Gasteiger charge is 2.29. The third-order valence-electron chi connectivity index (χ3n) is 4.87. The third-order valence-corrected chi connectivity index (χ3v) is 6.09. The molecule has 0 spiro atoms. The fourth-order valence-corrected chi connectivity index (χ4v) is 4.53. The van der Waals surface area contributed by atoms with Gasteiger partial charge in [0, 0.05) is 6.54 Å². The van der Waals surface area contributed by atoms with Gasteiger partial charge in [0.2, 0.25) is 15.9 Å². The van der Waals surface area contributed by atoms with Crippen molar-refractivity contribution in [2.24, 2.45) is 0 Å². The molecule has 0 aliphatic heterocycles. The van der Waals surface area contributed by atoms with E-state index in [2.05, 4.69) is 5.32 Å². The molecule has 30 heavy (non-hydrogen) atoms. The first-order chi connectivity index (χ1) is 14.1. The maximum atomic E-state index is 12.7. The molecule has 0 radical (unpaired) electrons. The van der Waals surface area contributed by atoms with Crippen LogP contribution in [0, 0.1) is 13.8 Å². The summed E-state index contributed by atoms with van der Waals surface area (Å²) in [6, 6.07) is 12.6. The zero-order chi connectivity index (χ0) is 22.3. The van der Waals surface area contributed by atoms with Crippen LogP contribution in [0.5, 0.6) is 5.75 Å². The van der Waals surface area contributed by atoms with Crippen molar-refractivity contribution in [3.05, 3.63) is 59.2 Å². The van der Waals surface area contributed by atoms with Gasteiger partial charge in [0.15, 0.2) is 0 Å². The molecule has 2 aromatic rings. The van der Waals surface area contributed by atoms with Crippen molar-refractivity contribution in [1.29, 1.82) is 0 Å². The van der Waals surface area contributed by atoms with E-state index >= 15 is 0 Å². The smallest absolute Gasteiger partial charge is 0.243 e. The van der Waals surface area contributed by atoms with Gasteiger partial charge in [-0.25, -0.2) is 8.42 Å². The molecule has 6 nitrogen and oxygen atoms in total. The molecule has 0 aliphatic rings. The average Bonchev–Trinajstić information content (AvgIpc) is 2.68. The van der Waals surface area contributed by atoms with E-state index in [9.17, 15) is 13.2 Å². The Morgan fingerprint density at radius 3 is 2.40 bits per heavy atom. The normalized spacial score (nSPS) is 12.3. The second-order valence-corrected chi connectivity index (χ2v) is 9.36. The number of hydrogen-bond donors (Lipinski definition) is 1. The first-order valence-electron chi connectivity index (χ1n) is 10.2. The van der Waals surface area contributed by atoms with Crippen LogP contribution in [0.25, 0.3) is 0 Å². The van der Waals surface area contributed by atoms with E-state index in [1.165, 1.54) is 4.31 Å². The molecule has 0 aromatic heterocycles. The van der Waals surface area contributed by atoms with Crippen molar-refractivity contribution in [3.63, 3.8) is 0 Å². The molecule has 0 heterocycles. The molecule has 2 rings (SSSR count). The molecule has 0 aliphatic carbocycles. The lowest BCUT2D eigenvalue weighted by molar-refractivity contribution is -0.121. The summed E-state index contributed by atoms with van der Waals surface area (Å²) in [4.78, 5) is 12.7. The maximum Gasteiger partial charge on any atom is 0.243 e. The molecular weight excluding hydrogens is 400 g/mol. The van der Waals surface area contributed by atoms with E-state index in [0.29, 0.717) is 18.8 Å². The predicted molar refractivity (Wildman–Crippen MR) is 122 cm³/mol. The van der Waals surface area contributed by atoms with Crippen molar-refractivity contribution < 1.29 is 17.9 Å². The number of benzene rings is 2. The Hall–Kier alpha value is -2.54. The molecule has 2 aromatic carbocycles. The minimum Gasteiger partial charge on any atom is -0.494 e. The highest BCUT2D eigenvalue weighted by molar-refractivity contribution is 7.92. The highest BCUT2D eigenvalue weighted by Crippen LogP contribution is 2.26. The molecular formula is C23H32N2O4S. The van der Waals surface area contributed by atoms with Gasteiger partial charge in [0.25, 0.3) is 0 Å². The van der Waals surface area contributed by atoms with Gasteiger partial charge < -0.3 is 10.1 Å². The number of aryl methyl sites for hydroxylation is 3. The summed E-state index contributed by atoms with van der Waals surface area (Å²) in [6.07, 6.45) is 2.70. The minimum absolute atomic E-state index is 0.312. The Kier molecular flexibility index (Phi) is 8.29. The number of amides is 1. The van der Waals surface area contributed by atoms with E-state index < -0.39 is 16.1 Å². The van der Waals surface area contributed by atoms with Crippen molar-refractivity contribution in [2.45, 2.75) is 46.6 Å². The molecule has 0 saturated heterocycles. The summed E-state index contributed by atoms with van der Waals surface area (Å²) < 4.78 is 31.6. The Labute approximate surface area is 180 Å². The molecule has 1 amide bonds. The zero-order valence-electron chi connectivity index (χ0n) is 18.4. The number of anilines is 1. The summed E-state index contributed by atoms with van der Waals surface area (Å²) >= 11 is 0. The molecule has 0 fully saturated rings. The number of sulfonamides is 1. The quantitative estimate of drug-likeness (QED) is 0.582. The van der Waals surface area contributed by atoms with E-state index in [1.807, 2.05) is 57.2 Å². The zero-order valence-corrected chi connectivity index (χ0v) is 19.3. The lowest BCUT2D eigenvalue weighted by Crippen LogP contribution is -2.48. The maximum absolute atomic E-state index is 12.7. The fraction of sp³-hybridized carbons (Fsp3) is 0.435. The summed E-state index contributed by atoms with van der Waals surface area (Å²) in [7, 11) is -3.62. The Morgan fingerprint density at radius 1 is 1.13 bits per heavy atom. The predicted octanol–water partition coefficient (Wildman–Crippen LogP) is 3.61. The summed E-state index contributed by atoms with van der Waals surface area (Å²) in [5.74, 6) is 0.531. The summed E-state index contributed by atoms with van der Waals surface area (Å²) in [5, 5.41) is 2.87. The van der Waals surface area contributed by atoms with Crippen LogP contribution >= 0.6 is 0 Å². The van der Waals surface area contributed by atoms with Gasteiger partial charge in [-0.15, -0.1) is 0 Å². The van der Waals surface area contributed by atoms with Gasteiger partial charge in [-0.1, -0.05) is 24.3 Å². The van der Waals surface area contributed by atoms with Crippen molar-refractivity contribution in [2.75, 3.05) is 23.7 Å². The Morgan fingerprint density at radius 2 is 1.80 bits per heavy atom. The number of nitrogens with one attached hydrogen (secondary N) is 1. The van der Waals surface area contributed by atoms with Crippen molar-refractivity contribution >= 4 is 21.6 Å². The SMILES string of the molecule is CCOc1ccc(CCCNC(=O)[C@@H](C)N(c2cc(C)ccc2C)S(C)(=O)=O)cc1. The number of carbonyl (C=O) groups excluding carboxylic acids is 1. The number of nitrogens with zero attached hydrogens (tertiary/aromatic N) is 1. The molecule has 7 heteroatoms. The van der Waals surface area contributed by atoms with Crippen LogP contribution in [-0.4, -0.2) is 39.8 Å². The lowest BCUT2D eigenvalue weighted by atomic mass is 10.1. The van der Waals surface area contributed by atoms with Gasteiger partial charge in [-0.2, -0.15) is 0 Å². The van der Waals surface area contributed by atoms with Crippen LogP contribution in [-0.2, 0) is 21.2 Å².